The summed E-state index contributed by atoms with van der Waals surface area (Å²) in [5, 5.41) is 14.7. The van der Waals surface area contributed by atoms with E-state index < -0.39 is 5.91 Å². The highest BCUT2D eigenvalue weighted by atomic mass is 16.3. The van der Waals surface area contributed by atoms with Crippen molar-refractivity contribution in [3.63, 3.8) is 0 Å². The highest BCUT2D eigenvalue weighted by Crippen LogP contribution is 2.26. The summed E-state index contributed by atoms with van der Waals surface area (Å²) in [6, 6.07) is 18.0. The zero-order valence-corrected chi connectivity index (χ0v) is 16.1. The molecule has 3 aromatic carbocycles. The number of aryl methyl sites for hydroxylation is 1. The molecule has 0 fully saturated rings. The summed E-state index contributed by atoms with van der Waals surface area (Å²) in [6.45, 7) is 0. The van der Waals surface area contributed by atoms with Crippen molar-refractivity contribution < 1.29 is 19.5 Å². The molecule has 4 rings (SSSR count). The van der Waals surface area contributed by atoms with Gasteiger partial charge in [-0.25, -0.2) is 0 Å². The first-order valence-corrected chi connectivity index (χ1v) is 9.58. The minimum atomic E-state index is -0.394. The van der Waals surface area contributed by atoms with Crippen LogP contribution < -0.4 is 5.32 Å². The molecule has 0 spiro atoms. The zero-order chi connectivity index (χ0) is 21.1. The predicted molar refractivity (Wildman–Crippen MR) is 116 cm³/mol. The van der Waals surface area contributed by atoms with Gasteiger partial charge in [0.2, 0.25) is 0 Å². The van der Waals surface area contributed by atoms with Crippen LogP contribution in [0, 0.1) is 0 Å². The Balaban J connectivity index is 1.42. The number of carbonyl (C=O) groups is 3. The summed E-state index contributed by atoms with van der Waals surface area (Å²) < 4.78 is 0. The van der Waals surface area contributed by atoms with Crippen molar-refractivity contribution in [1.29, 1.82) is 0 Å². The zero-order valence-electron chi connectivity index (χ0n) is 16.1. The molecule has 1 amide bonds. The third-order valence-corrected chi connectivity index (χ3v) is 5.04. The van der Waals surface area contributed by atoms with Crippen molar-refractivity contribution in [3.05, 3.63) is 95.6 Å². The maximum Gasteiger partial charge on any atom is 0.259 e. The van der Waals surface area contributed by atoms with Crippen molar-refractivity contribution in [2.45, 2.75) is 12.8 Å². The number of phenols is 1. The number of aromatic hydroxyl groups is 1. The van der Waals surface area contributed by atoms with Gasteiger partial charge in [0, 0.05) is 11.3 Å². The summed E-state index contributed by atoms with van der Waals surface area (Å²) in [6.07, 6.45) is 5.05. The molecule has 0 aromatic heterocycles. The normalized spacial score (nSPS) is 13.4. The Morgan fingerprint density at radius 1 is 0.867 bits per heavy atom. The standard InChI is InChI=1S/C25H19NO4/c27-21-11-12-23(28)19(13-21)8-5-16-6-9-20(10-7-16)26-25(30)22-14-17-3-1-2-4-18(17)15-24(22)29/h1-4,6-7,9-15,29H,5,8H2,(H,26,30). The molecule has 0 unspecified atom stereocenters. The number of hydrogen-bond donors (Lipinski definition) is 2. The van der Waals surface area contributed by atoms with Crippen LogP contribution in [0.4, 0.5) is 5.69 Å². The van der Waals surface area contributed by atoms with Crippen molar-refractivity contribution in [2.24, 2.45) is 0 Å². The summed E-state index contributed by atoms with van der Waals surface area (Å²) in [5.74, 6) is -0.764. The van der Waals surface area contributed by atoms with E-state index in [4.69, 9.17) is 0 Å². The minimum Gasteiger partial charge on any atom is -0.507 e. The number of fused-ring (bicyclic) bond motifs is 1. The molecule has 0 aliphatic heterocycles. The second kappa shape index (κ2) is 8.17. The van der Waals surface area contributed by atoms with Crippen LogP contribution >= 0.6 is 0 Å². The minimum absolute atomic E-state index is 0.0724. The summed E-state index contributed by atoms with van der Waals surface area (Å²) >= 11 is 0. The predicted octanol–water partition coefficient (Wildman–Crippen LogP) is 4.36. The molecule has 0 heterocycles. The number of allylic oxidation sites excluding steroid dienone is 4. The fourth-order valence-electron chi connectivity index (χ4n) is 3.39. The Morgan fingerprint density at radius 3 is 2.30 bits per heavy atom. The van der Waals surface area contributed by atoms with Gasteiger partial charge >= 0.3 is 0 Å². The number of benzene rings is 3. The molecule has 5 heteroatoms. The molecule has 3 aromatic rings. The first kappa shape index (κ1) is 19.3. The number of rotatable bonds is 5. The van der Waals surface area contributed by atoms with E-state index in [1.807, 2.05) is 36.4 Å². The largest absolute Gasteiger partial charge is 0.507 e. The molecule has 30 heavy (non-hydrogen) atoms. The molecule has 0 saturated carbocycles. The fraction of sp³-hybridized carbons (Fsp3) is 0.0800. The lowest BCUT2D eigenvalue weighted by atomic mass is 9.97. The fourth-order valence-corrected chi connectivity index (χ4v) is 3.39. The van der Waals surface area contributed by atoms with E-state index in [0.717, 1.165) is 16.3 Å². The Bertz CT molecular complexity index is 1220. The Kier molecular flexibility index (Phi) is 5.26. The average molecular weight is 397 g/mol. The van der Waals surface area contributed by atoms with E-state index >= 15 is 0 Å². The molecule has 0 radical (unpaired) electrons. The van der Waals surface area contributed by atoms with E-state index in [1.165, 1.54) is 18.2 Å². The first-order valence-electron chi connectivity index (χ1n) is 9.58. The van der Waals surface area contributed by atoms with E-state index in [9.17, 15) is 19.5 Å². The van der Waals surface area contributed by atoms with Gasteiger partial charge in [0.05, 0.1) is 5.56 Å². The number of phenolic OH excluding ortho intramolecular Hbond substituents is 1. The van der Waals surface area contributed by atoms with Crippen molar-refractivity contribution in [2.75, 3.05) is 5.32 Å². The van der Waals surface area contributed by atoms with Gasteiger partial charge < -0.3 is 10.4 Å². The molecule has 5 nitrogen and oxygen atoms in total. The van der Waals surface area contributed by atoms with Gasteiger partial charge in [0.25, 0.3) is 5.91 Å². The highest BCUT2D eigenvalue weighted by Gasteiger charge is 2.14. The molecular weight excluding hydrogens is 378 g/mol. The van der Waals surface area contributed by atoms with Gasteiger partial charge in [-0.1, -0.05) is 36.4 Å². The van der Waals surface area contributed by atoms with Crippen molar-refractivity contribution >= 4 is 33.9 Å². The molecule has 148 valence electrons. The number of ketones is 2. The van der Waals surface area contributed by atoms with Crippen LogP contribution in [0.2, 0.25) is 0 Å². The van der Waals surface area contributed by atoms with Crippen LogP contribution in [0.1, 0.15) is 22.3 Å². The van der Waals surface area contributed by atoms with E-state index in [2.05, 4.69) is 5.32 Å². The lowest BCUT2D eigenvalue weighted by Crippen LogP contribution is -2.12. The van der Waals surface area contributed by atoms with Crippen LogP contribution in [-0.2, 0) is 16.0 Å². The Hall–Kier alpha value is -3.99. The van der Waals surface area contributed by atoms with Crippen molar-refractivity contribution in [3.8, 4) is 5.75 Å². The molecule has 1 aliphatic rings. The molecule has 0 atom stereocenters. The molecular formula is C25H19NO4. The van der Waals surface area contributed by atoms with Gasteiger partial charge in [0.15, 0.2) is 11.6 Å². The van der Waals surface area contributed by atoms with E-state index in [1.54, 1.807) is 24.3 Å². The van der Waals surface area contributed by atoms with Gasteiger partial charge in [0.1, 0.15) is 5.75 Å². The lowest BCUT2D eigenvalue weighted by molar-refractivity contribution is -0.114. The topological polar surface area (TPSA) is 83.5 Å². The second-order valence-corrected chi connectivity index (χ2v) is 7.14. The van der Waals surface area contributed by atoms with E-state index in [0.29, 0.717) is 24.1 Å². The molecule has 0 bridgehead atoms. The maximum atomic E-state index is 12.6. The Labute approximate surface area is 173 Å². The summed E-state index contributed by atoms with van der Waals surface area (Å²) in [7, 11) is 0. The number of anilines is 1. The van der Waals surface area contributed by atoms with Crippen LogP contribution in [-0.4, -0.2) is 22.6 Å². The monoisotopic (exact) mass is 397 g/mol. The lowest BCUT2D eigenvalue weighted by Gasteiger charge is -2.10. The second-order valence-electron chi connectivity index (χ2n) is 7.14. The smallest absolute Gasteiger partial charge is 0.259 e. The van der Waals surface area contributed by atoms with Gasteiger partial charge in [-0.15, -0.1) is 0 Å². The van der Waals surface area contributed by atoms with Gasteiger partial charge in [-0.2, -0.15) is 0 Å². The molecule has 1 aliphatic carbocycles. The number of nitrogens with one attached hydrogen (secondary N) is 1. The highest BCUT2D eigenvalue weighted by molar-refractivity contribution is 6.17. The SMILES string of the molecule is O=C1C=CC(=O)C(CCc2ccc(NC(=O)c3cc4ccccc4cc3O)cc2)=C1. The number of hydrogen-bond acceptors (Lipinski definition) is 4. The molecule has 2 N–H and O–H groups in total. The van der Waals surface area contributed by atoms with Crippen LogP contribution in [0.25, 0.3) is 10.8 Å². The number of carbonyl (C=O) groups excluding carboxylic acids is 3. The van der Waals surface area contributed by atoms with Crippen molar-refractivity contribution in [1.82, 2.24) is 0 Å². The van der Waals surface area contributed by atoms with Crippen LogP contribution in [0.15, 0.2) is 84.5 Å². The summed E-state index contributed by atoms with van der Waals surface area (Å²) in [5.41, 5.74) is 2.30. The number of amides is 1. The van der Waals surface area contributed by atoms with E-state index in [-0.39, 0.29) is 22.9 Å². The average Bonchev–Trinajstić information content (AvgIpc) is 2.75. The van der Waals surface area contributed by atoms with Crippen LogP contribution in [0.3, 0.4) is 0 Å². The van der Waals surface area contributed by atoms with Crippen LogP contribution in [0.5, 0.6) is 5.75 Å². The summed E-state index contributed by atoms with van der Waals surface area (Å²) in [4.78, 5) is 35.8. The van der Waals surface area contributed by atoms with Gasteiger partial charge in [-0.3, -0.25) is 14.4 Å². The molecule has 0 saturated heterocycles. The Morgan fingerprint density at radius 2 is 1.57 bits per heavy atom. The third kappa shape index (κ3) is 4.20. The quantitative estimate of drug-likeness (QED) is 0.627. The first-order chi connectivity index (χ1) is 14.5. The maximum absolute atomic E-state index is 12.6. The van der Waals surface area contributed by atoms with Gasteiger partial charge in [-0.05, 0) is 71.7 Å². The third-order valence-electron chi connectivity index (χ3n) is 5.04.